The number of ketones is 1. The lowest BCUT2D eigenvalue weighted by molar-refractivity contribution is -0.0267. The van der Waals surface area contributed by atoms with Crippen molar-refractivity contribution in [2.24, 2.45) is 0 Å². The Balaban J connectivity index is 2.02. The van der Waals surface area contributed by atoms with Gasteiger partial charge in [-0.2, -0.15) is 0 Å². The Morgan fingerprint density at radius 1 is 1.56 bits per heavy atom. The average Bonchev–Trinajstić information content (AvgIpc) is 2.81. The molecule has 1 unspecified atom stereocenters. The smallest absolute Gasteiger partial charge is 0.227 e. The summed E-state index contributed by atoms with van der Waals surface area (Å²) in [5, 5.41) is 0. The Labute approximate surface area is 95.2 Å². The van der Waals surface area contributed by atoms with Gasteiger partial charge in [-0.15, -0.1) is 0 Å². The van der Waals surface area contributed by atoms with Crippen LogP contribution in [0.2, 0.25) is 0 Å². The predicted molar refractivity (Wildman–Crippen MR) is 59.5 cm³/mol. The van der Waals surface area contributed by atoms with E-state index in [2.05, 4.69) is 18.7 Å². The van der Waals surface area contributed by atoms with Crippen molar-refractivity contribution in [3.05, 3.63) is 24.2 Å². The number of morpholine rings is 1. The monoisotopic (exact) mass is 223 g/mol. The third kappa shape index (κ3) is 2.33. The van der Waals surface area contributed by atoms with Crippen LogP contribution in [0.25, 0.3) is 0 Å². The zero-order chi connectivity index (χ0) is 11.5. The van der Waals surface area contributed by atoms with E-state index in [1.54, 1.807) is 12.1 Å². The Kier molecular flexibility index (Phi) is 3.41. The van der Waals surface area contributed by atoms with E-state index in [9.17, 15) is 4.79 Å². The molecule has 0 saturated carbocycles. The van der Waals surface area contributed by atoms with Crippen molar-refractivity contribution in [1.29, 1.82) is 0 Å². The Hall–Kier alpha value is -1.13. The zero-order valence-corrected chi connectivity index (χ0v) is 9.68. The molecule has 4 heteroatoms. The van der Waals surface area contributed by atoms with Crippen LogP contribution in [0, 0.1) is 0 Å². The second-order valence-electron chi connectivity index (χ2n) is 4.29. The first-order valence-electron chi connectivity index (χ1n) is 5.62. The SMILES string of the molecule is CC(C)N1CCOC(C(=O)c2ccco2)C1. The highest BCUT2D eigenvalue weighted by atomic mass is 16.5. The third-order valence-corrected chi connectivity index (χ3v) is 2.88. The summed E-state index contributed by atoms with van der Waals surface area (Å²) in [6, 6.07) is 3.84. The van der Waals surface area contributed by atoms with Crippen molar-refractivity contribution in [2.75, 3.05) is 19.7 Å². The molecule has 0 spiro atoms. The van der Waals surface area contributed by atoms with Crippen molar-refractivity contribution in [1.82, 2.24) is 4.90 Å². The van der Waals surface area contributed by atoms with Gasteiger partial charge in [-0.25, -0.2) is 0 Å². The molecule has 0 bridgehead atoms. The summed E-state index contributed by atoms with van der Waals surface area (Å²) in [5.74, 6) is 0.325. The number of carbonyl (C=O) groups excluding carboxylic acids is 1. The average molecular weight is 223 g/mol. The molecule has 4 nitrogen and oxygen atoms in total. The van der Waals surface area contributed by atoms with Crippen molar-refractivity contribution in [3.63, 3.8) is 0 Å². The van der Waals surface area contributed by atoms with E-state index in [0.29, 0.717) is 25.0 Å². The molecule has 1 fully saturated rings. The van der Waals surface area contributed by atoms with Crippen LogP contribution in [0.3, 0.4) is 0 Å². The molecule has 88 valence electrons. The quantitative estimate of drug-likeness (QED) is 0.729. The topological polar surface area (TPSA) is 42.7 Å². The number of hydrogen-bond donors (Lipinski definition) is 0. The second-order valence-corrected chi connectivity index (χ2v) is 4.29. The molecule has 1 aromatic heterocycles. The van der Waals surface area contributed by atoms with Gasteiger partial charge in [-0.1, -0.05) is 0 Å². The first-order valence-corrected chi connectivity index (χ1v) is 5.62. The fourth-order valence-corrected chi connectivity index (χ4v) is 1.87. The number of ether oxygens (including phenoxy) is 1. The molecule has 16 heavy (non-hydrogen) atoms. The maximum Gasteiger partial charge on any atom is 0.227 e. The standard InChI is InChI=1S/C12H17NO3/c1-9(2)13-5-7-16-11(8-13)12(14)10-4-3-6-15-10/h3-4,6,9,11H,5,7-8H2,1-2H3. The van der Waals surface area contributed by atoms with Crippen molar-refractivity contribution in [2.45, 2.75) is 26.0 Å². The van der Waals surface area contributed by atoms with Gasteiger partial charge in [0, 0.05) is 19.1 Å². The highest BCUT2D eigenvalue weighted by Crippen LogP contribution is 2.14. The molecule has 0 radical (unpaired) electrons. The fraction of sp³-hybridized carbons (Fsp3) is 0.583. The molecular weight excluding hydrogens is 206 g/mol. The summed E-state index contributed by atoms with van der Waals surface area (Å²) >= 11 is 0. The number of rotatable bonds is 3. The van der Waals surface area contributed by atoms with E-state index in [1.807, 2.05) is 0 Å². The van der Waals surface area contributed by atoms with Gasteiger partial charge >= 0.3 is 0 Å². The van der Waals surface area contributed by atoms with Crippen molar-refractivity contribution < 1.29 is 13.9 Å². The van der Waals surface area contributed by atoms with E-state index < -0.39 is 0 Å². The molecule has 2 heterocycles. The van der Waals surface area contributed by atoms with Gasteiger partial charge in [0.1, 0.15) is 6.10 Å². The Morgan fingerprint density at radius 2 is 2.38 bits per heavy atom. The molecule has 1 aromatic rings. The lowest BCUT2D eigenvalue weighted by Crippen LogP contribution is -2.48. The summed E-state index contributed by atoms with van der Waals surface area (Å²) in [6.07, 6.45) is 1.12. The largest absolute Gasteiger partial charge is 0.461 e. The van der Waals surface area contributed by atoms with Gasteiger partial charge in [-0.05, 0) is 26.0 Å². The van der Waals surface area contributed by atoms with Gasteiger partial charge in [0.25, 0.3) is 0 Å². The summed E-state index contributed by atoms with van der Waals surface area (Å²) in [5.41, 5.74) is 0. The van der Waals surface area contributed by atoms with Gasteiger partial charge in [-0.3, -0.25) is 9.69 Å². The summed E-state index contributed by atoms with van der Waals surface area (Å²) < 4.78 is 10.6. The second kappa shape index (κ2) is 4.80. The van der Waals surface area contributed by atoms with Crippen LogP contribution in [0.4, 0.5) is 0 Å². The third-order valence-electron chi connectivity index (χ3n) is 2.88. The van der Waals surface area contributed by atoms with E-state index >= 15 is 0 Å². The fourth-order valence-electron chi connectivity index (χ4n) is 1.87. The zero-order valence-electron chi connectivity index (χ0n) is 9.68. The molecule has 0 N–H and O–H groups in total. The van der Waals surface area contributed by atoms with Gasteiger partial charge in [0.05, 0.1) is 12.9 Å². The minimum absolute atomic E-state index is 0.0599. The van der Waals surface area contributed by atoms with Crippen molar-refractivity contribution >= 4 is 5.78 Å². The predicted octanol–water partition coefficient (Wildman–Crippen LogP) is 1.57. The molecule has 1 atom stereocenters. The molecule has 1 aliphatic heterocycles. The van der Waals surface area contributed by atoms with E-state index in [1.165, 1.54) is 6.26 Å². The van der Waals surface area contributed by atoms with Crippen LogP contribution in [0.15, 0.2) is 22.8 Å². The van der Waals surface area contributed by atoms with E-state index in [-0.39, 0.29) is 11.9 Å². The molecule has 0 amide bonds. The lowest BCUT2D eigenvalue weighted by atomic mass is 10.1. The number of Topliss-reactive ketones (excluding diaryl/α,β-unsaturated/α-hetero) is 1. The van der Waals surface area contributed by atoms with Crippen molar-refractivity contribution in [3.8, 4) is 0 Å². The van der Waals surface area contributed by atoms with Crippen LogP contribution in [0.5, 0.6) is 0 Å². The highest BCUT2D eigenvalue weighted by Gasteiger charge is 2.29. The molecule has 0 aromatic carbocycles. The first kappa shape index (κ1) is 11.4. The van der Waals surface area contributed by atoms with E-state index in [0.717, 1.165) is 6.54 Å². The summed E-state index contributed by atoms with van der Waals surface area (Å²) in [7, 11) is 0. The molecule has 1 aliphatic rings. The summed E-state index contributed by atoms with van der Waals surface area (Å²) in [4.78, 5) is 14.2. The minimum Gasteiger partial charge on any atom is -0.461 e. The minimum atomic E-state index is -0.387. The first-order chi connectivity index (χ1) is 7.68. The van der Waals surface area contributed by atoms with Gasteiger partial charge in [0.2, 0.25) is 5.78 Å². The molecular formula is C12H17NO3. The summed E-state index contributed by atoms with van der Waals surface area (Å²) in [6.45, 7) is 6.39. The van der Waals surface area contributed by atoms with Crippen LogP contribution in [0.1, 0.15) is 24.4 Å². The van der Waals surface area contributed by atoms with Crippen LogP contribution >= 0.6 is 0 Å². The molecule has 0 aliphatic carbocycles. The molecule has 1 saturated heterocycles. The number of nitrogens with zero attached hydrogens (tertiary/aromatic N) is 1. The highest BCUT2D eigenvalue weighted by molar-refractivity contribution is 5.97. The van der Waals surface area contributed by atoms with Crippen LogP contribution in [-0.2, 0) is 4.74 Å². The maximum absolute atomic E-state index is 12.0. The maximum atomic E-state index is 12.0. The Bertz CT molecular complexity index is 345. The number of furan rings is 1. The number of carbonyl (C=O) groups is 1. The van der Waals surface area contributed by atoms with Crippen LogP contribution in [-0.4, -0.2) is 42.5 Å². The van der Waals surface area contributed by atoms with Gasteiger partial charge in [0.15, 0.2) is 5.76 Å². The van der Waals surface area contributed by atoms with Gasteiger partial charge < -0.3 is 9.15 Å². The van der Waals surface area contributed by atoms with E-state index in [4.69, 9.17) is 9.15 Å². The number of hydrogen-bond acceptors (Lipinski definition) is 4. The normalized spacial score (nSPS) is 22.6. The Morgan fingerprint density at radius 3 is 3.00 bits per heavy atom. The van der Waals surface area contributed by atoms with Crippen LogP contribution < -0.4 is 0 Å². The lowest BCUT2D eigenvalue weighted by Gasteiger charge is -2.34. The molecule has 2 rings (SSSR count).